The first-order chi connectivity index (χ1) is 6.77. The second kappa shape index (κ2) is 6.06. The van der Waals surface area contributed by atoms with Crippen molar-refractivity contribution in [2.24, 2.45) is 0 Å². The molecular formula is C9H17N3OS. The Labute approximate surface area is 88.7 Å². The van der Waals surface area contributed by atoms with E-state index in [-0.39, 0.29) is 6.10 Å². The summed E-state index contributed by atoms with van der Waals surface area (Å²) in [7, 11) is 1.68. The zero-order chi connectivity index (χ0) is 10.4. The Morgan fingerprint density at radius 2 is 2.29 bits per heavy atom. The third-order valence-electron chi connectivity index (χ3n) is 1.89. The van der Waals surface area contributed by atoms with Gasteiger partial charge in [-0.2, -0.15) is 0 Å². The van der Waals surface area contributed by atoms with Gasteiger partial charge in [0, 0.05) is 13.7 Å². The van der Waals surface area contributed by atoms with Crippen LogP contribution in [0.3, 0.4) is 0 Å². The van der Waals surface area contributed by atoms with Crippen LogP contribution < -0.4 is 5.32 Å². The van der Waals surface area contributed by atoms with Crippen LogP contribution in [-0.4, -0.2) is 23.9 Å². The average Bonchev–Trinajstić information content (AvgIpc) is 2.66. The van der Waals surface area contributed by atoms with Gasteiger partial charge in [0.1, 0.15) is 16.1 Å². The first kappa shape index (κ1) is 11.6. The number of nitrogens with one attached hydrogen (secondary N) is 1. The number of aromatic nitrogens is 2. The number of ether oxygens (including phenoxy) is 1. The van der Waals surface area contributed by atoms with Crippen molar-refractivity contribution in [1.29, 1.82) is 0 Å². The molecule has 5 heteroatoms. The van der Waals surface area contributed by atoms with Crippen molar-refractivity contribution in [3.05, 3.63) is 10.0 Å². The van der Waals surface area contributed by atoms with Crippen LogP contribution in [0.5, 0.6) is 0 Å². The van der Waals surface area contributed by atoms with Gasteiger partial charge in [-0.15, -0.1) is 10.2 Å². The molecule has 0 aliphatic carbocycles. The van der Waals surface area contributed by atoms with Gasteiger partial charge in [-0.1, -0.05) is 18.3 Å². The Kier molecular flexibility index (Phi) is 5.00. The van der Waals surface area contributed by atoms with Gasteiger partial charge in [-0.3, -0.25) is 0 Å². The predicted molar refractivity (Wildman–Crippen MR) is 57.3 cm³/mol. The van der Waals surface area contributed by atoms with Gasteiger partial charge in [-0.25, -0.2) is 0 Å². The van der Waals surface area contributed by atoms with Gasteiger partial charge >= 0.3 is 0 Å². The summed E-state index contributed by atoms with van der Waals surface area (Å²) in [6, 6.07) is 0. The molecule has 0 bridgehead atoms. The molecule has 1 aromatic rings. The van der Waals surface area contributed by atoms with Crippen LogP contribution in [-0.2, 0) is 11.3 Å². The quantitative estimate of drug-likeness (QED) is 0.734. The van der Waals surface area contributed by atoms with E-state index >= 15 is 0 Å². The number of nitrogens with zero attached hydrogens (tertiary/aromatic N) is 2. The van der Waals surface area contributed by atoms with E-state index < -0.39 is 0 Å². The lowest BCUT2D eigenvalue weighted by atomic mass is 10.4. The summed E-state index contributed by atoms with van der Waals surface area (Å²) in [6.07, 6.45) is 1.19. The number of rotatable bonds is 6. The third kappa shape index (κ3) is 3.32. The van der Waals surface area contributed by atoms with Crippen molar-refractivity contribution >= 4 is 11.3 Å². The Balaban J connectivity index is 2.42. The van der Waals surface area contributed by atoms with E-state index in [0.717, 1.165) is 29.5 Å². The summed E-state index contributed by atoms with van der Waals surface area (Å²) in [5, 5.41) is 13.4. The standard InChI is InChI=1S/C9H17N3OS/c1-4-5-10-6-8-11-12-9(14-8)7(2)13-3/h7,10H,4-6H2,1-3H3. The molecule has 4 nitrogen and oxygen atoms in total. The van der Waals surface area contributed by atoms with E-state index in [1.165, 1.54) is 0 Å². The first-order valence-electron chi connectivity index (χ1n) is 4.83. The molecule has 1 aromatic heterocycles. The summed E-state index contributed by atoms with van der Waals surface area (Å²) in [5.74, 6) is 0. The van der Waals surface area contributed by atoms with Crippen molar-refractivity contribution < 1.29 is 4.74 Å². The van der Waals surface area contributed by atoms with E-state index in [4.69, 9.17) is 4.74 Å². The van der Waals surface area contributed by atoms with Crippen LogP contribution in [0, 0.1) is 0 Å². The predicted octanol–water partition coefficient (Wildman–Crippen LogP) is 1.75. The average molecular weight is 215 g/mol. The maximum Gasteiger partial charge on any atom is 0.146 e. The minimum atomic E-state index is 0.0485. The van der Waals surface area contributed by atoms with Gasteiger partial charge in [-0.05, 0) is 19.9 Å². The van der Waals surface area contributed by atoms with E-state index in [0.29, 0.717) is 0 Å². The summed E-state index contributed by atoms with van der Waals surface area (Å²) in [5.41, 5.74) is 0. The van der Waals surface area contributed by atoms with Crippen LogP contribution >= 0.6 is 11.3 Å². The highest BCUT2D eigenvalue weighted by molar-refractivity contribution is 7.11. The highest BCUT2D eigenvalue weighted by Gasteiger charge is 2.10. The molecule has 1 atom stereocenters. The molecule has 0 fully saturated rings. The highest BCUT2D eigenvalue weighted by Crippen LogP contribution is 2.19. The fraction of sp³-hybridized carbons (Fsp3) is 0.778. The van der Waals surface area contributed by atoms with Gasteiger partial charge in [0.25, 0.3) is 0 Å². The normalized spacial score (nSPS) is 13.1. The van der Waals surface area contributed by atoms with Gasteiger partial charge in [0.2, 0.25) is 0 Å². The topological polar surface area (TPSA) is 47.0 Å². The van der Waals surface area contributed by atoms with Crippen LogP contribution in [0.1, 0.15) is 36.4 Å². The smallest absolute Gasteiger partial charge is 0.146 e. The van der Waals surface area contributed by atoms with Crippen LogP contribution in [0.2, 0.25) is 0 Å². The maximum atomic E-state index is 5.16. The number of hydrogen-bond acceptors (Lipinski definition) is 5. The van der Waals surface area contributed by atoms with Crippen LogP contribution in [0.25, 0.3) is 0 Å². The second-order valence-electron chi connectivity index (χ2n) is 3.09. The molecule has 0 radical (unpaired) electrons. The van der Waals surface area contributed by atoms with Crippen molar-refractivity contribution in [3.8, 4) is 0 Å². The summed E-state index contributed by atoms with van der Waals surface area (Å²) in [6.45, 7) is 5.95. The molecule has 0 amide bonds. The van der Waals surface area contributed by atoms with Crippen molar-refractivity contribution in [1.82, 2.24) is 15.5 Å². The molecule has 14 heavy (non-hydrogen) atoms. The number of methoxy groups -OCH3 is 1. The van der Waals surface area contributed by atoms with E-state index in [9.17, 15) is 0 Å². The molecule has 1 heterocycles. The fourth-order valence-electron chi connectivity index (χ4n) is 0.975. The molecule has 0 saturated heterocycles. The molecule has 1 N–H and O–H groups in total. The van der Waals surface area contributed by atoms with E-state index in [2.05, 4.69) is 22.4 Å². The summed E-state index contributed by atoms with van der Waals surface area (Å²) < 4.78 is 5.16. The molecule has 1 unspecified atom stereocenters. The molecule has 0 aliphatic heterocycles. The molecule has 0 saturated carbocycles. The van der Waals surface area contributed by atoms with E-state index in [1.807, 2.05) is 6.92 Å². The largest absolute Gasteiger partial charge is 0.374 e. The molecule has 0 spiro atoms. The van der Waals surface area contributed by atoms with Crippen molar-refractivity contribution in [2.75, 3.05) is 13.7 Å². The van der Waals surface area contributed by atoms with Crippen molar-refractivity contribution in [2.45, 2.75) is 32.9 Å². The summed E-state index contributed by atoms with van der Waals surface area (Å²) in [4.78, 5) is 0. The fourth-order valence-corrected chi connectivity index (χ4v) is 1.82. The Bertz CT molecular complexity index is 264. The maximum absolute atomic E-state index is 5.16. The SMILES string of the molecule is CCCNCc1nnc(C(C)OC)s1. The van der Waals surface area contributed by atoms with Gasteiger partial charge in [0.05, 0.1) is 0 Å². The second-order valence-corrected chi connectivity index (χ2v) is 4.18. The third-order valence-corrected chi connectivity index (χ3v) is 2.97. The minimum Gasteiger partial charge on any atom is -0.374 e. The van der Waals surface area contributed by atoms with Crippen molar-refractivity contribution in [3.63, 3.8) is 0 Å². The molecule has 80 valence electrons. The Hall–Kier alpha value is -0.520. The Morgan fingerprint density at radius 3 is 2.93 bits per heavy atom. The lowest BCUT2D eigenvalue weighted by Crippen LogP contribution is -2.13. The van der Waals surface area contributed by atoms with Gasteiger partial charge in [0.15, 0.2) is 0 Å². The monoisotopic (exact) mass is 215 g/mol. The van der Waals surface area contributed by atoms with Crippen LogP contribution in [0.15, 0.2) is 0 Å². The summed E-state index contributed by atoms with van der Waals surface area (Å²) >= 11 is 1.61. The lowest BCUT2D eigenvalue weighted by Gasteiger charge is -2.02. The molecule has 0 aromatic carbocycles. The Morgan fingerprint density at radius 1 is 1.50 bits per heavy atom. The zero-order valence-corrected chi connectivity index (χ0v) is 9.73. The highest BCUT2D eigenvalue weighted by atomic mass is 32.1. The lowest BCUT2D eigenvalue weighted by molar-refractivity contribution is 0.118. The number of hydrogen-bond donors (Lipinski definition) is 1. The first-order valence-corrected chi connectivity index (χ1v) is 5.65. The molecule has 1 rings (SSSR count). The molecular weight excluding hydrogens is 198 g/mol. The zero-order valence-electron chi connectivity index (χ0n) is 8.91. The van der Waals surface area contributed by atoms with Crippen LogP contribution in [0.4, 0.5) is 0 Å². The molecule has 0 aliphatic rings. The minimum absolute atomic E-state index is 0.0485. The van der Waals surface area contributed by atoms with E-state index in [1.54, 1.807) is 18.4 Å². The van der Waals surface area contributed by atoms with Gasteiger partial charge < -0.3 is 10.1 Å².